The van der Waals surface area contributed by atoms with Crippen LogP contribution in [0.15, 0.2) is 32.0 Å². The van der Waals surface area contributed by atoms with Crippen molar-refractivity contribution < 1.29 is 8.42 Å². The molecule has 0 amide bonds. The van der Waals surface area contributed by atoms with Crippen molar-refractivity contribution in [3.63, 3.8) is 0 Å². The van der Waals surface area contributed by atoms with E-state index in [1.807, 2.05) is 6.92 Å². The summed E-state index contributed by atoms with van der Waals surface area (Å²) in [5.74, 6) is 0.651. The van der Waals surface area contributed by atoms with Crippen LogP contribution in [0.3, 0.4) is 0 Å². The molecular formula is C14H21Br2NO2S. The molecule has 3 nitrogen and oxygen atoms in total. The van der Waals surface area contributed by atoms with Gasteiger partial charge in [-0.2, -0.15) is 0 Å². The first kappa shape index (κ1) is 18.1. The molecule has 1 N–H and O–H groups in total. The van der Waals surface area contributed by atoms with Gasteiger partial charge >= 0.3 is 0 Å². The normalized spacial score (nSPS) is 13.7. The first-order valence-corrected chi connectivity index (χ1v) is 9.76. The summed E-state index contributed by atoms with van der Waals surface area (Å²) in [5.41, 5.74) is 0. The highest BCUT2D eigenvalue weighted by atomic mass is 79.9. The monoisotopic (exact) mass is 425 g/mol. The van der Waals surface area contributed by atoms with Crippen molar-refractivity contribution >= 4 is 41.9 Å². The molecule has 114 valence electrons. The number of rotatable bonds is 7. The quantitative estimate of drug-likeness (QED) is 0.686. The Kier molecular flexibility index (Phi) is 7.18. The molecule has 0 bridgehead atoms. The Morgan fingerprint density at radius 1 is 1.15 bits per heavy atom. The number of sulfonamides is 1. The van der Waals surface area contributed by atoms with Gasteiger partial charge in [-0.25, -0.2) is 13.1 Å². The maximum absolute atomic E-state index is 12.4. The van der Waals surface area contributed by atoms with Crippen LogP contribution in [0.4, 0.5) is 0 Å². The summed E-state index contributed by atoms with van der Waals surface area (Å²) in [7, 11) is -3.49. The predicted molar refractivity (Wildman–Crippen MR) is 90.3 cm³/mol. The minimum absolute atomic E-state index is 0.0652. The van der Waals surface area contributed by atoms with Gasteiger partial charge in [0.2, 0.25) is 10.0 Å². The van der Waals surface area contributed by atoms with Gasteiger partial charge in [0, 0.05) is 15.0 Å². The molecule has 1 unspecified atom stereocenters. The Bertz CT molecular complexity index is 544. The third-order valence-corrected chi connectivity index (χ3v) is 6.03. The van der Waals surface area contributed by atoms with Gasteiger partial charge in [-0.15, -0.1) is 0 Å². The van der Waals surface area contributed by atoms with Crippen molar-refractivity contribution in [2.24, 2.45) is 5.92 Å². The largest absolute Gasteiger partial charge is 0.241 e. The Morgan fingerprint density at radius 2 is 1.80 bits per heavy atom. The second-order valence-electron chi connectivity index (χ2n) is 5.42. The van der Waals surface area contributed by atoms with E-state index in [1.165, 1.54) is 0 Å². The van der Waals surface area contributed by atoms with E-state index in [2.05, 4.69) is 50.4 Å². The van der Waals surface area contributed by atoms with Gasteiger partial charge in [0.25, 0.3) is 0 Å². The number of hydrogen-bond acceptors (Lipinski definition) is 2. The Balaban J connectivity index is 2.72. The smallest absolute Gasteiger partial charge is 0.208 e. The minimum Gasteiger partial charge on any atom is -0.208 e. The van der Waals surface area contributed by atoms with Crippen LogP contribution in [-0.2, 0) is 10.0 Å². The van der Waals surface area contributed by atoms with Crippen LogP contribution >= 0.6 is 31.9 Å². The molecule has 6 heteroatoms. The Labute approximate surface area is 138 Å². The third-order valence-electron chi connectivity index (χ3n) is 2.96. The maximum Gasteiger partial charge on any atom is 0.241 e. The fourth-order valence-electron chi connectivity index (χ4n) is 1.90. The molecule has 1 atom stereocenters. The summed E-state index contributed by atoms with van der Waals surface area (Å²) in [6.45, 7) is 6.25. The van der Waals surface area contributed by atoms with Gasteiger partial charge in [0.1, 0.15) is 0 Å². The molecule has 0 saturated carbocycles. The van der Waals surface area contributed by atoms with Crippen molar-refractivity contribution in [2.45, 2.75) is 51.0 Å². The summed E-state index contributed by atoms with van der Waals surface area (Å²) < 4.78 is 28.8. The van der Waals surface area contributed by atoms with Gasteiger partial charge in [-0.3, -0.25) is 0 Å². The lowest BCUT2D eigenvalue weighted by Gasteiger charge is -2.15. The van der Waals surface area contributed by atoms with Gasteiger partial charge in [-0.1, -0.05) is 42.6 Å². The van der Waals surface area contributed by atoms with E-state index in [0.717, 1.165) is 23.7 Å². The number of nitrogens with one attached hydrogen (secondary N) is 1. The molecule has 1 aromatic rings. The predicted octanol–water partition coefficient (Wildman–Crippen LogP) is 4.70. The average molecular weight is 427 g/mol. The van der Waals surface area contributed by atoms with E-state index in [9.17, 15) is 8.42 Å². The fraction of sp³-hybridized carbons (Fsp3) is 0.571. The van der Waals surface area contributed by atoms with Gasteiger partial charge in [0.05, 0.1) is 4.90 Å². The average Bonchev–Trinajstić information content (AvgIpc) is 2.31. The lowest BCUT2D eigenvalue weighted by atomic mass is 10.0. The molecule has 0 aliphatic carbocycles. The fourth-order valence-corrected chi connectivity index (χ4v) is 4.68. The second-order valence-corrected chi connectivity index (χ2v) is 8.87. The number of halogens is 2. The first-order valence-electron chi connectivity index (χ1n) is 6.69. The Morgan fingerprint density at radius 3 is 2.40 bits per heavy atom. The molecular weight excluding hydrogens is 406 g/mol. The van der Waals surface area contributed by atoms with Crippen LogP contribution in [0.25, 0.3) is 0 Å². The van der Waals surface area contributed by atoms with Gasteiger partial charge < -0.3 is 0 Å². The van der Waals surface area contributed by atoms with Crippen molar-refractivity contribution in [1.29, 1.82) is 0 Å². The molecule has 0 aliphatic heterocycles. The third kappa shape index (κ3) is 5.84. The number of hydrogen-bond donors (Lipinski definition) is 1. The van der Waals surface area contributed by atoms with Crippen LogP contribution in [0.5, 0.6) is 0 Å². The second kappa shape index (κ2) is 7.92. The molecule has 0 spiro atoms. The summed E-state index contributed by atoms with van der Waals surface area (Å²) in [6, 6.07) is 5.06. The highest BCUT2D eigenvalue weighted by Gasteiger charge is 2.20. The molecule has 0 aromatic heterocycles. The van der Waals surface area contributed by atoms with Crippen molar-refractivity contribution in [1.82, 2.24) is 4.72 Å². The summed E-state index contributed by atoms with van der Waals surface area (Å²) in [6.07, 6.45) is 3.00. The zero-order valence-corrected chi connectivity index (χ0v) is 16.0. The van der Waals surface area contributed by atoms with Crippen LogP contribution in [0, 0.1) is 5.92 Å². The van der Waals surface area contributed by atoms with E-state index >= 15 is 0 Å². The van der Waals surface area contributed by atoms with Crippen molar-refractivity contribution in [3.8, 4) is 0 Å². The molecule has 0 heterocycles. The van der Waals surface area contributed by atoms with E-state index < -0.39 is 10.0 Å². The molecule has 0 aliphatic rings. The highest BCUT2D eigenvalue weighted by Crippen LogP contribution is 2.26. The zero-order chi connectivity index (χ0) is 15.3. The molecule has 20 heavy (non-hydrogen) atoms. The van der Waals surface area contributed by atoms with E-state index in [1.54, 1.807) is 18.2 Å². The van der Waals surface area contributed by atoms with E-state index in [-0.39, 0.29) is 10.9 Å². The van der Waals surface area contributed by atoms with Gasteiger partial charge in [0.15, 0.2) is 0 Å². The van der Waals surface area contributed by atoms with E-state index in [4.69, 9.17) is 0 Å². The maximum atomic E-state index is 12.4. The lowest BCUT2D eigenvalue weighted by Crippen LogP contribution is -2.32. The molecule has 1 rings (SSSR count). The summed E-state index contributed by atoms with van der Waals surface area (Å²) in [5, 5.41) is 0. The van der Waals surface area contributed by atoms with Gasteiger partial charge in [-0.05, 0) is 53.4 Å². The topological polar surface area (TPSA) is 46.2 Å². The van der Waals surface area contributed by atoms with E-state index in [0.29, 0.717) is 10.4 Å². The Hall–Kier alpha value is 0.0900. The first-order chi connectivity index (χ1) is 9.22. The summed E-state index contributed by atoms with van der Waals surface area (Å²) in [4.78, 5) is 0.266. The highest BCUT2D eigenvalue weighted by molar-refractivity contribution is 9.11. The molecule has 0 fully saturated rings. The minimum atomic E-state index is -3.49. The SMILES string of the molecule is CC(C)CCCC(C)NS(=O)(=O)c1cc(Br)ccc1Br. The van der Waals surface area contributed by atoms with Crippen LogP contribution in [0.1, 0.15) is 40.0 Å². The molecule has 0 radical (unpaired) electrons. The lowest BCUT2D eigenvalue weighted by molar-refractivity contribution is 0.488. The number of benzene rings is 1. The van der Waals surface area contributed by atoms with Crippen molar-refractivity contribution in [3.05, 3.63) is 27.1 Å². The molecule has 1 aromatic carbocycles. The standard InChI is InChI=1S/C14H21Br2NO2S/c1-10(2)5-4-6-11(3)17-20(18,19)14-9-12(15)7-8-13(14)16/h7-11,17H,4-6H2,1-3H3. The van der Waals surface area contributed by atoms with Crippen LogP contribution in [0.2, 0.25) is 0 Å². The zero-order valence-electron chi connectivity index (χ0n) is 12.0. The summed E-state index contributed by atoms with van der Waals surface area (Å²) >= 11 is 6.59. The van der Waals surface area contributed by atoms with Crippen molar-refractivity contribution in [2.75, 3.05) is 0 Å². The van der Waals surface area contributed by atoms with Crippen LogP contribution < -0.4 is 4.72 Å². The van der Waals surface area contributed by atoms with Crippen LogP contribution in [-0.4, -0.2) is 14.5 Å². The molecule has 0 saturated heterocycles.